The Bertz CT molecular complexity index is 510. The highest BCUT2D eigenvalue weighted by Gasteiger charge is 2.37. The van der Waals surface area contributed by atoms with Crippen LogP contribution in [0.1, 0.15) is 25.7 Å². The van der Waals surface area contributed by atoms with Crippen molar-refractivity contribution < 1.29 is 24.2 Å². The van der Waals surface area contributed by atoms with Crippen molar-refractivity contribution in [3.8, 4) is 11.5 Å². The molecule has 120 valence electrons. The summed E-state index contributed by atoms with van der Waals surface area (Å²) in [6, 6.07) is 6.46. The lowest BCUT2D eigenvalue weighted by Crippen LogP contribution is -2.42. The van der Waals surface area contributed by atoms with Gasteiger partial charge in [-0.1, -0.05) is 0 Å². The fourth-order valence-corrected chi connectivity index (χ4v) is 2.15. The Balaban J connectivity index is 1.65. The normalized spacial score (nSPS) is 15.0. The fourth-order valence-electron chi connectivity index (χ4n) is 2.15. The molecule has 22 heavy (non-hydrogen) atoms. The quantitative estimate of drug-likeness (QED) is 0.680. The number of benzene rings is 1. The number of carbonyl (C=O) groups is 2. The predicted molar refractivity (Wildman–Crippen MR) is 80.0 cm³/mol. The van der Waals surface area contributed by atoms with Gasteiger partial charge in [-0.3, -0.25) is 4.79 Å². The minimum absolute atomic E-state index is 0.0944. The number of methoxy groups -OCH3 is 1. The molecule has 1 saturated carbocycles. The number of ether oxygens (including phenoxy) is 2. The van der Waals surface area contributed by atoms with E-state index in [0.717, 1.165) is 18.6 Å². The average Bonchev–Trinajstić information content (AvgIpc) is 3.34. The minimum atomic E-state index is -0.953. The Morgan fingerprint density at radius 2 is 1.91 bits per heavy atom. The molecule has 1 amide bonds. The van der Waals surface area contributed by atoms with Crippen LogP contribution in [0, 0.1) is 5.92 Å². The molecule has 1 aliphatic rings. The van der Waals surface area contributed by atoms with E-state index in [1.807, 2.05) is 0 Å². The molecule has 1 aromatic rings. The van der Waals surface area contributed by atoms with E-state index in [4.69, 9.17) is 14.6 Å². The first-order valence-corrected chi connectivity index (χ1v) is 7.39. The monoisotopic (exact) mass is 307 g/mol. The molecule has 2 rings (SSSR count). The van der Waals surface area contributed by atoms with Crippen molar-refractivity contribution >= 4 is 11.9 Å². The van der Waals surface area contributed by atoms with Crippen LogP contribution in [0.3, 0.4) is 0 Å². The maximum absolute atomic E-state index is 11.7. The van der Waals surface area contributed by atoms with Crippen LogP contribution < -0.4 is 14.8 Å². The van der Waals surface area contributed by atoms with Gasteiger partial charge in [-0.2, -0.15) is 0 Å². The van der Waals surface area contributed by atoms with Gasteiger partial charge < -0.3 is 19.9 Å². The lowest BCUT2D eigenvalue weighted by atomic mass is 10.2. The van der Waals surface area contributed by atoms with Gasteiger partial charge in [-0.25, -0.2) is 4.79 Å². The lowest BCUT2D eigenvalue weighted by molar-refractivity contribution is -0.142. The van der Waals surface area contributed by atoms with Gasteiger partial charge in [0.1, 0.15) is 17.5 Å². The molecule has 0 spiro atoms. The molecule has 0 aromatic heterocycles. The van der Waals surface area contributed by atoms with Crippen LogP contribution >= 0.6 is 0 Å². The highest BCUT2D eigenvalue weighted by atomic mass is 16.5. The number of rotatable bonds is 9. The third-order valence-corrected chi connectivity index (χ3v) is 3.55. The molecule has 6 nitrogen and oxygen atoms in total. The summed E-state index contributed by atoms with van der Waals surface area (Å²) >= 11 is 0. The lowest BCUT2D eigenvalue weighted by Gasteiger charge is -2.13. The van der Waals surface area contributed by atoms with E-state index in [9.17, 15) is 9.59 Å². The van der Waals surface area contributed by atoms with Gasteiger partial charge in [0.2, 0.25) is 5.91 Å². The number of carboxylic acid groups (broad SMARTS) is 1. The standard InChI is InChI=1S/C16H21NO5/c1-21-12-6-8-13(9-7-12)22-10-2-3-14(18)17-15(16(19)20)11-4-5-11/h6-9,11,15H,2-5,10H2,1H3,(H,17,18)(H,19,20). The second-order valence-corrected chi connectivity index (χ2v) is 5.35. The number of amides is 1. The first-order chi connectivity index (χ1) is 10.6. The van der Waals surface area contributed by atoms with Crippen molar-refractivity contribution in [1.82, 2.24) is 5.32 Å². The first-order valence-electron chi connectivity index (χ1n) is 7.39. The van der Waals surface area contributed by atoms with E-state index in [2.05, 4.69) is 5.32 Å². The van der Waals surface area contributed by atoms with E-state index in [1.54, 1.807) is 31.4 Å². The Kier molecular flexibility index (Phi) is 5.63. The maximum atomic E-state index is 11.7. The molecule has 1 unspecified atom stereocenters. The number of carboxylic acids is 1. The summed E-state index contributed by atoms with van der Waals surface area (Å²) in [6.45, 7) is 0.404. The smallest absolute Gasteiger partial charge is 0.326 e. The Morgan fingerprint density at radius 3 is 2.45 bits per heavy atom. The molecule has 1 aliphatic carbocycles. The number of aliphatic carboxylic acids is 1. The van der Waals surface area contributed by atoms with Gasteiger partial charge in [-0.15, -0.1) is 0 Å². The SMILES string of the molecule is COc1ccc(OCCCC(=O)NC(C(=O)O)C2CC2)cc1. The molecule has 6 heteroatoms. The Hall–Kier alpha value is -2.24. The largest absolute Gasteiger partial charge is 0.497 e. The van der Waals surface area contributed by atoms with Gasteiger partial charge in [-0.05, 0) is 49.4 Å². The van der Waals surface area contributed by atoms with Crippen LogP contribution in [0.2, 0.25) is 0 Å². The summed E-state index contributed by atoms with van der Waals surface area (Å²) in [6.07, 6.45) is 2.54. The van der Waals surface area contributed by atoms with Crippen molar-refractivity contribution in [2.45, 2.75) is 31.7 Å². The summed E-state index contributed by atoms with van der Waals surface area (Å²) < 4.78 is 10.6. The molecule has 0 aliphatic heterocycles. The van der Waals surface area contributed by atoms with Crippen LogP contribution in [-0.4, -0.2) is 36.7 Å². The summed E-state index contributed by atoms with van der Waals surface area (Å²) in [5.74, 6) is 0.370. The van der Waals surface area contributed by atoms with Crippen molar-refractivity contribution in [1.29, 1.82) is 0 Å². The molecule has 0 radical (unpaired) electrons. The average molecular weight is 307 g/mol. The molecular weight excluding hydrogens is 286 g/mol. The molecular formula is C16H21NO5. The van der Waals surface area contributed by atoms with E-state index < -0.39 is 12.0 Å². The van der Waals surface area contributed by atoms with Crippen LogP contribution in [-0.2, 0) is 9.59 Å². The predicted octanol–water partition coefficient (Wildman–Crippen LogP) is 1.83. The highest BCUT2D eigenvalue weighted by molar-refractivity contribution is 5.83. The maximum Gasteiger partial charge on any atom is 0.326 e. The zero-order valence-electron chi connectivity index (χ0n) is 12.6. The van der Waals surface area contributed by atoms with Gasteiger partial charge in [0, 0.05) is 6.42 Å². The van der Waals surface area contributed by atoms with Crippen LogP contribution in [0.4, 0.5) is 0 Å². The summed E-state index contributed by atoms with van der Waals surface area (Å²) in [7, 11) is 1.60. The topological polar surface area (TPSA) is 84.9 Å². The number of hydrogen-bond acceptors (Lipinski definition) is 4. The van der Waals surface area contributed by atoms with Crippen LogP contribution in [0.25, 0.3) is 0 Å². The number of nitrogens with one attached hydrogen (secondary N) is 1. The highest BCUT2D eigenvalue weighted by Crippen LogP contribution is 2.32. The van der Waals surface area contributed by atoms with Crippen molar-refractivity contribution in [2.24, 2.45) is 5.92 Å². The Morgan fingerprint density at radius 1 is 1.27 bits per heavy atom. The fraction of sp³-hybridized carbons (Fsp3) is 0.500. The second kappa shape index (κ2) is 7.68. The Labute approximate surface area is 129 Å². The van der Waals surface area contributed by atoms with Gasteiger partial charge in [0.25, 0.3) is 0 Å². The zero-order chi connectivity index (χ0) is 15.9. The van der Waals surface area contributed by atoms with Crippen molar-refractivity contribution in [2.75, 3.05) is 13.7 Å². The third kappa shape index (κ3) is 4.95. The molecule has 2 N–H and O–H groups in total. The molecule has 1 aromatic carbocycles. The van der Waals surface area contributed by atoms with Gasteiger partial charge in [0.05, 0.1) is 13.7 Å². The molecule has 1 fully saturated rings. The minimum Gasteiger partial charge on any atom is -0.497 e. The number of hydrogen-bond donors (Lipinski definition) is 2. The van der Waals surface area contributed by atoms with Crippen molar-refractivity contribution in [3.63, 3.8) is 0 Å². The van der Waals surface area contributed by atoms with E-state index in [-0.39, 0.29) is 18.2 Å². The molecule has 0 bridgehead atoms. The molecule has 0 heterocycles. The first kappa shape index (κ1) is 16.1. The zero-order valence-corrected chi connectivity index (χ0v) is 12.6. The van der Waals surface area contributed by atoms with Crippen LogP contribution in [0.15, 0.2) is 24.3 Å². The second-order valence-electron chi connectivity index (χ2n) is 5.35. The number of carbonyl (C=O) groups excluding carboxylic acids is 1. The summed E-state index contributed by atoms with van der Waals surface area (Å²) in [4.78, 5) is 22.8. The summed E-state index contributed by atoms with van der Waals surface area (Å²) in [5, 5.41) is 11.6. The van der Waals surface area contributed by atoms with E-state index in [0.29, 0.717) is 18.8 Å². The van der Waals surface area contributed by atoms with E-state index >= 15 is 0 Å². The molecule has 0 saturated heterocycles. The van der Waals surface area contributed by atoms with Gasteiger partial charge in [0.15, 0.2) is 0 Å². The van der Waals surface area contributed by atoms with E-state index in [1.165, 1.54) is 0 Å². The summed E-state index contributed by atoms with van der Waals surface area (Å²) in [5.41, 5.74) is 0. The van der Waals surface area contributed by atoms with Gasteiger partial charge >= 0.3 is 5.97 Å². The third-order valence-electron chi connectivity index (χ3n) is 3.55. The molecule has 1 atom stereocenters. The van der Waals surface area contributed by atoms with Crippen LogP contribution in [0.5, 0.6) is 11.5 Å². The van der Waals surface area contributed by atoms with Crippen molar-refractivity contribution in [3.05, 3.63) is 24.3 Å².